The maximum atomic E-state index is 11.9. The van der Waals surface area contributed by atoms with Crippen molar-refractivity contribution < 1.29 is 14.7 Å². The Kier molecular flexibility index (Phi) is 3.82. The number of carboxylic acid groups (broad SMARTS) is 1. The fourth-order valence-electron chi connectivity index (χ4n) is 2.68. The number of aromatic nitrogens is 3. The molecule has 1 saturated carbocycles. The zero-order valence-corrected chi connectivity index (χ0v) is 10.9. The van der Waals surface area contributed by atoms with Crippen LogP contribution in [0.3, 0.4) is 0 Å². The van der Waals surface area contributed by atoms with E-state index in [0.29, 0.717) is 18.8 Å². The smallest absolute Gasteiger partial charge is 0.329 e. The van der Waals surface area contributed by atoms with E-state index in [4.69, 9.17) is 0 Å². The Balaban J connectivity index is 2.04. The van der Waals surface area contributed by atoms with E-state index in [1.807, 2.05) is 6.92 Å². The van der Waals surface area contributed by atoms with Crippen molar-refractivity contribution in [1.29, 1.82) is 0 Å². The predicted octanol–water partition coefficient (Wildman–Crippen LogP) is 0.428. The minimum atomic E-state index is -1.13. The van der Waals surface area contributed by atoms with E-state index >= 15 is 0 Å². The Hall–Kier alpha value is -1.92. The van der Waals surface area contributed by atoms with Gasteiger partial charge < -0.3 is 10.4 Å². The van der Waals surface area contributed by atoms with Gasteiger partial charge in [0.25, 0.3) is 0 Å². The number of hydrogen-bond acceptors (Lipinski definition) is 4. The standard InChI is InChI=1S/C12H18N4O3/c1-9-3-2-4-12(7-9,11(18)19)14-10(17)8-16-6-5-13-15-16/h5-6,9H,2-4,7-8H2,1H3,(H,14,17)(H,18,19). The second-order valence-electron chi connectivity index (χ2n) is 5.24. The van der Waals surface area contributed by atoms with Crippen LogP contribution in [-0.4, -0.2) is 37.5 Å². The number of carbonyl (C=O) groups excluding carboxylic acids is 1. The third kappa shape index (κ3) is 3.10. The summed E-state index contributed by atoms with van der Waals surface area (Å²) in [4.78, 5) is 23.4. The Morgan fingerprint density at radius 3 is 2.95 bits per heavy atom. The van der Waals surface area contributed by atoms with Crippen molar-refractivity contribution in [3.8, 4) is 0 Å². The van der Waals surface area contributed by atoms with Gasteiger partial charge in [0.15, 0.2) is 0 Å². The molecule has 1 aliphatic rings. The topological polar surface area (TPSA) is 97.1 Å². The third-order valence-corrected chi connectivity index (χ3v) is 3.56. The van der Waals surface area contributed by atoms with Gasteiger partial charge in [-0.15, -0.1) is 5.10 Å². The summed E-state index contributed by atoms with van der Waals surface area (Å²) in [6.45, 7) is 2.00. The van der Waals surface area contributed by atoms with E-state index in [1.54, 1.807) is 6.20 Å². The predicted molar refractivity (Wildman–Crippen MR) is 66.2 cm³/mol. The molecule has 0 saturated heterocycles. The zero-order chi connectivity index (χ0) is 13.9. The van der Waals surface area contributed by atoms with Gasteiger partial charge in [0, 0.05) is 6.20 Å². The van der Waals surface area contributed by atoms with Crippen molar-refractivity contribution in [1.82, 2.24) is 20.3 Å². The second kappa shape index (κ2) is 5.38. The number of aliphatic carboxylic acids is 1. The SMILES string of the molecule is CC1CCCC(NC(=O)Cn2ccnn2)(C(=O)O)C1. The van der Waals surface area contributed by atoms with E-state index in [-0.39, 0.29) is 12.5 Å². The molecule has 1 aliphatic carbocycles. The van der Waals surface area contributed by atoms with Gasteiger partial charge in [0.1, 0.15) is 12.1 Å². The van der Waals surface area contributed by atoms with Gasteiger partial charge in [-0.1, -0.05) is 25.0 Å². The number of carboxylic acids is 1. The molecule has 2 atom stereocenters. The molecular formula is C12H18N4O3. The molecule has 1 fully saturated rings. The van der Waals surface area contributed by atoms with Gasteiger partial charge in [-0.2, -0.15) is 0 Å². The van der Waals surface area contributed by atoms with Crippen LogP contribution in [0, 0.1) is 5.92 Å². The van der Waals surface area contributed by atoms with E-state index in [9.17, 15) is 14.7 Å². The first-order valence-corrected chi connectivity index (χ1v) is 6.40. The number of nitrogens with zero attached hydrogens (tertiary/aromatic N) is 3. The highest BCUT2D eigenvalue weighted by Gasteiger charge is 2.43. The number of rotatable bonds is 4. The Morgan fingerprint density at radius 2 is 2.37 bits per heavy atom. The quantitative estimate of drug-likeness (QED) is 0.823. The van der Waals surface area contributed by atoms with Gasteiger partial charge in [-0.25, -0.2) is 9.48 Å². The average molecular weight is 266 g/mol. The molecule has 19 heavy (non-hydrogen) atoms. The Morgan fingerprint density at radius 1 is 1.58 bits per heavy atom. The lowest BCUT2D eigenvalue weighted by Crippen LogP contribution is -2.57. The molecule has 104 valence electrons. The van der Waals surface area contributed by atoms with Crippen LogP contribution in [0.5, 0.6) is 0 Å². The summed E-state index contributed by atoms with van der Waals surface area (Å²) in [5.74, 6) is -0.996. The molecule has 1 heterocycles. The van der Waals surface area contributed by atoms with Crippen molar-refractivity contribution in [3.63, 3.8) is 0 Å². The van der Waals surface area contributed by atoms with Crippen LogP contribution in [-0.2, 0) is 16.1 Å². The molecule has 0 aliphatic heterocycles. The monoisotopic (exact) mass is 266 g/mol. The van der Waals surface area contributed by atoms with Crippen LogP contribution in [0.4, 0.5) is 0 Å². The normalized spacial score (nSPS) is 26.9. The highest BCUT2D eigenvalue weighted by atomic mass is 16.4. The lowest BCUT2D eigenvalue weighted by Gasteiger charge is -2.37. The number of nitrogens with one attached hydrogen (secondary N) is 1. The summed E-state index contributed by atoms with van der Waals surface area (Å²) in [5.41, 5.74) is -1.13. The maximum Gasteiger partial charge on any atom is 0.329 e. The summed E-state index contributed by atoms with van der Waals surface area (Å²) in [6.07, 6.45) is 5.83. The molecule has 2 rings (SSSR count). The molecule has 7 nitrogen and oxygen atoms in total. The molecular weight excluding hydrogens is 248 g/mol. The molecule has 1 aromatic heterocycles. The molecule has 7 heteroatoms. The van der Waals surface area contributed by atoms with Crippen molar-refractivity contribution in [2.45, 2.75) is 44.7 Å². The number of hydrogen-bond donors (Lipinski definition) is 2. The van der Waals surface area contributed by atoms with Gasteiger partial charge in [-0.05, 0) is 18.8 Å². The fraction of sp³-hybridized carbons (Fsp3) is 0.667. The molecule has 1 aromatic rings. The maximum absolute atomic E-state index is 11.9. The van der Waals surface area contributed by atoms with Crippen molar-refractivity contribution >= 4 is 11.9 Å². The van der Waals surface area contributed by atoms with Crippen LogP contribution in [0.15, 0.2) is 12.4 Å². The lowest BCUT2D eigenvalue weighted by molar-refractivity contribution is -0.150. The molecule has 0 bridgehead atoms. The summed E-state index contributed by atoms with van der Waals surface area (Å²) in [7, 11) is 0. The first-order chi connectivity index (χ1) is 9.02. The lowest BCUT2D eigenvalue weighted by atomic mass is 9.76. The highest BCUT2D eigenvalue weighted by Crippen LogP contribution is 2.32. The number of carbonyl (C=O) groups is 2. The van der Waals surface area contributed by atoms with E-state index in [0.717, 1.165) is 12.8 Å². The highest BCUT2D eigenvalue weighted by molar-refractivity contribution is 5.87. The number of amides is 1. The molecule has 2 unspecified atom stereocenters. The van der Waals surface area contributed by atoms with Crippen LogP contribution in [0.25, 0.3) is 0 Å². The largest absolute Gasteiger partial charge is 0.480 e. The van der Waals surface area contributed by atoms with E-state index in [2.05, 4.69) is 15.6 Å². The molecule has 2 N–H and O–H groups in total. The second-order valence-corrected chi connectivity index (χ2v) is 5.24. The van der Waals surface area contributed by atoms with Crippen LogP contribution < -0.4 is 5.32 Å². The van der Waals surface area contributed by atoms with Gasteiger partial charge >= 0.3 is 5.97 Å². The summed E-state index contributed by atoms with van der Waals surface area (Å²) in [6, 6.07) is 0. The summed E-state index contributed by atoms with van der Waals surface area (Å²) in [5, 5.41) is 19.4. The Labute approximate surface area is 111 Å². The van der Waals surface area contributed by atoms with E-state index < -0.39 is 11.5 Å². The van der Waals surface area contributed by atoms with Crippen molar-refractivity contribution in [2.24, 2.45) is 5.92 Å². The summed E-state index contributed by atoms with van der Waals surface area (Å²) >= 11 is 0. The molecule has 0 aromatic carbocycles. The average Bonchev–Trinajstić information content (AvgIpc) is 2.81. The molecule has 1 amide bonds. The molecule has 0 radical (unpaired) electrons. The van der Waals surface area contributed by atoms with E-state index in [1.165, 1.54) is 10.9 Å². The van der Waals surface area contributed by atoms with Gasteiger partial charge in [0.05, 0.1) is 6.20 Å². The minimum absolute atomic E-state index is 0.0105. The van der Waals surface area contributed by atoms with Crippen LogP contribution in [0.2, 0.25) is 0 Å². The first-order valence-electron chi connectivity index (χ1n) is 6.40. The van der Waals surface area contributed by atoms with Crippen molar-refractivity contribution in [3.05, 3.63) is 12.4 Å². The van der Waals surface area contributed by atoms with Gasteiger partial charge in [-0.3, -0.25) is 4.79 Å². The zero-order valence-electron chi connectivity index (χ0n) is 10.9. The molecule has 0 spiro atoms. The third-order valence-electron chi connectivity index (χ3n) is 3.56. The Bertz CT molecular complexity index is 460. The first kappa shape index (κ1) is 13.5. The summed E-state index contributed by atoms with van der Waals surface area (Å²) < 4.78 is 1.37. The van der Waals surface area contributed by atoms with Gasteiger partial charge in [0.2, 0.25) is 5.91 Å². The van der Waals surface area contributed by atoms with Crippen LogP contribution in [0.1, 0.15) is 32.6 Å². The fourth-order valence-corrected chi connectivity index (χ4v) is 2.68. The minimum Gasteiger partial charge on any atom is -0.480 e. The van der Waals surface area contributed by atoms with Crippen molar-refractivity contribution in [2.75, 3.05) is 0 Å². The van der Waals surface area contributed by atoms with Crippen LogP contribution >= 0.6 is 0 Å².